The van der Waals surface area contributed by atoms with Crippen molar-refractivity contribution in [3.8, 4) is 0 Å². The molecule has 26 heavy (non-hydrogen) atoms. The van der Waals surface area contributed by atoms with Crippen molar-refractivity contribution in [3.05, 3.63) is 64.6 Å². The predicted octanol–water partition coefficient (Wildman–Crippen LogP) is 4.92. The highest BCUT2D eigenvalue weighted by molar-refractivity contribution is 7.99. The summed E-state index contributed by atoms with van der Waals surface area (Å²) in [4.78, 5) is 12.2. The van der Waals surface area contributed by atoms with Gasteiger partial charge >= 0.3 is 0 Å². The van der Waals surface area contributed by atoms with Crippen molar-refractivity contribution in [1.29, 1.82) is 0 Å². The molecule has 130 valence electrons. The van der Waals surface area contributed by atoms with Crippen LogP contribution in [0, 0.1) is 0 Å². The Labute approximate surface area is 163 Å². The fraction of sp³-hybridized carbons (Fsp3) is 0.0556. The smallest absolute Gasteiger partial charge is 0.234 e. The first-order chi connectivity index (χ1) is 12.6. The highest BCUT2D eigenvalue weighted by atomic mass is 35.5. The maximum atomic E-state index is 12.2. The fourth-order valence-corrected chi connectivity index (χ4v) is 3.66. The molecule has 2 aromatic heterocycles. The first-order valence-corrected chi connectivity index (χ1v) is 9.46. The molecule has 0 aliphatic heterocycles. The number of fused-ring (bicyclic) bond motifs is 3. The van der Waals surface area contributed by atoms with Crippen LogP contribution in [0.5, 0.6) is 0 Å². The largest absolute Gasteiger partial charge is 0.325 e. The molecule has 2 heterocycles. The quantitative estimate of drug-likeness (QED) is 0.492. The van der Waals surface area contributed by atoms with Gasteiger partial charge in [0.25, 0.3) is 0 Å². The van der Waals surface area contributed by atoms with Crippen LogP contribution in [0.1, 0.15) is 0 Å². The standard InChI is InChI=1S/C18H12Cl2N4OS/c19-13-7-6-12(9-14(13)20)21-17(25)10-26-18-23-22-16-8-5-11-3-1-2-4-15(11)24(16)18/h1-9H,10H2,(H,21,25). The van der Waals surface area contributed by atoms with Gasteiger partial charge in [0, 0.05) is 5.69 Å². The normalized spacial score (nSPS) is 11.2. The lowest BCUT2D eigenvalue weighted by molar-refractivity contribution is -0.113. The van der Waals surface area contributed by atoms with Gasteiger partial charge in [-0.1, -0.05) is 53.2 Å². The van der Waals surface area contributed by atoms with Crippen LogP contribution in [0.25, 0.3) is 16.6 Å². The molecule has 0 bridgehead atoms. The third kappa shape index (κ3) is 3.35. The molecular weight excluding hydrogens is 391 g/mol. The molecule has 0 aliphatic carbocycles. The molecule has 0 atom stereocenters. The first kappa shape index (κ1) is 17.1. The summed E-state index contributed by atoms with van der Waals surface area (Å²) in [6.45, 7) is 0. The number of pyridine rings is 1. The zero-order valence-electron chi connectivity index (χ0n) is 13.3. The first-order valence-electron chi connectivity index (χ1n) is 7.72. The van der Waals surface area contributed by atoms with E-state index >= 15 is 0 Å². The number of amides is 1. The van der Waals surface area contributed by atoms with Crippen molar-refractivity contribution in [2.24, 2.45) is 0 Å². The van der Waals surface area contributed by atoms with Crippen molar-refractivity contribution >= 4 is 63.1 Å². The number of aromatic nitrogens is 3. The molecule has 1 N–H and O–H groups in total. The van der Waals surface area contributed by atoms with E-state index in [1.165, 1.54) is 11.8 Å². The van der Waals surface area contributed by atoms with E-state index in [1.807, 2.05) is 40.8 Å². The molecule has 4 rings (SSSR count). The van der Waals surface area contributed by atoms with Crippen LogP contribution in [-0.2, 0) is 4.79 Å². The molecule has 0 fully saturated rings. The lowest BCUT2D eigenvalue weighted by Gasteiger charge is -2.07. The Bertz CT molecular complexity index is 1130. The zero-order chi connectivity index (χ0) is 18.1. The predicted molar refractivity (Wildman–Crippen MR) is 106 cm³/mol. The number of para-hydroxylation sites is 1. The van der Waals surface area contributed by atoms with E-state index < -0.39 is 0 Å². The Morgan fingerprint density at radius 1 is 1.04 bits per heavy atom. The minimum absolute atomic E-state index is 0.162. The summed E-state index contributed by atoms with van der Waals surface area (Å²) in [6, 6.07) is 16.9. The Hall–Kier alpha value is -2.28. The zero-order valence-corrected chi connectivity index (χ0v) is 15.6. The van der Waals surface area contributed by atoms with Gasteiger partial charge in [-0.3, -0.25) is 9.20 Å². The van der Waals surface area contributed by atoms with Crippen LogP contribution in [-0.4, -0.2) is 26.3 Å². The van der Waals surface area contributed by atoms with Crippen LogP contribution in [0.3, 0.4) is 0 Å². The van der Waals surface area contributed by atoms with Crippen molar-refractivity contribution < 1.29 is 4.79 Å². The minimum Gasteiger partial charge on any atom is -0.325 e. The molecule has 0 unspecified atom stereocenters. The number of hydrogen-bond acceptors (Lipinski definition) is 4. The maximum absolute atomic E-state index is 12.2. The van der Waals surface area contributed by atoms with Crippen molar-refractivity contribution in [2.45, 2.75) is 5.16 Å². The number of nitrogens with one attached hydrogen (secondary N) is 1. The molecular formula is C18H12Cl2N4OS. The maximum Gasteiger partial charge on any atom is 0.234 e. The Balaban J connectivity index is 1.53. The topological polar surface area (TPSA) is 59.3 Å². The van der Waals surface area contributed by atoms with E-state index in [-0.39, 0.29) is 11.7 Å². The summed E-state index contributed by atoms with van der Waals surface area (Å²) >= 11 is 13.2. The number of hydrogen-bond donors (Lipinski definition) is 1. The summed E-state index contributed by atoms with van der Waals surface area (Å²) in [5, 5.41) is 13.8. The lowest BCUT2D eigenvalue weighted by Crippen LogP contribution is -2.14. The summed E-state index contributed by atoms with van der Waals surface area (Å²) in [7, 11) is 0. The van der Waals surface area contributed by atoms with Gasteiger partial charge in [-0.05, 0) is 41.8 Å². The summed E-state index contributed by atoms with van der Waals surface area (Å²) in [5.74, 6) is 0.0370. The Kier molecular flexibility index (Phi) is 4.72. The van der Waals surface area contributed by atoms with Crippen molar-refractivity contribution in [1.82, 2.24) is 14.6 Å². The number of rotatable bonds is 4. The third-order valence-corrected chi connectivity index (χ3v) is 5.45. The number of thioether (sulfide) groups is 1. The molecule has 4 aromatic rings. The fourth-order valence-electron chi connectivity index (χ4n) is 2.61. The molecule has 0 aliphatic rings. The molecule has 0 saturated heterocycles. The number of anilines is 1. The van der Waals surface area contributed by atoms with Crippen LogP contribution < -0.4 is 5.32 Å². The SMILES string of the molecule is O=C(CSc1nnc2ccc3ccccc3n12)Nc1ccc(Cl)c(Cl)c1. The van der Waals surface area contributed by atoms with Gasteiger partial charge < -0.3 is 5.32 Å². The van der Waals surface area contributed by atoms with Gasteiger partial charge in [0.15, 0.2) is 10.8 Å². The second-order valence-electron chi connectivity index (χ2n) is 5.53. The van der Waals surface area contributed by atoms with Crippen LogP contribution >= 0.6 is 35.0 Å². The summed E-state index contributed by atoms with van der Waals surface area (Å²) in [6.07, 6.45) is 0. The van der Waals surface area contributed by atoms with E-state index in [1.54, 1.807) is 18.2 Å². The van der Waals surface area contributed by atoms with E-state index in [2.05, 4.69) is 15.5 Å². The number of benzene rings is 2. The Morgan fingerprint density at radius 3 is 2.73 bits per heavy atom. The van der Waals surface area contributed by atoms with Gasteiger partial charge in [-0.2, -0.15) is 0 Å². The van der Waals surface area contributed by atoms with E-state index in [4.69, 9.17) is 23.2 Å². The van der Waals surface area contributed by atoms with Gasteiger partial charge in [0.2, 0.25) is 5.91 Å². The number of carbonyl (C=O) groups excluding carboxylic acids is 1. The van der Waals surface area contributed by atoms with Crippen LogP contribution in [0.15, 0.2) is 59.8 Å². The summed E-state index contributed by atoms with van der Waals surface area (Å²) < 4.78 is 1.95. The molecule has 0 radical (unpaired) electrons. The second-order valence-corrected chi connectivity index (χ2v) is 7.29. The number of carbonyl (C=O) groups is 1. The van der Waals surface area contributed by atoms with E-state index in [0.29, 0.717) is 20.9 Å². The molecule has 1 amide bonds. The van der Waals surface area contributed by atoms with Crippen LogP contribution in [0.4, 0.5) is 5.69 Å². The van der Waals surface area contributed by atoms with Crippen molar-refractivity contribution in [2.75, 3.05) is 11.1 Å². The summed E-state index contributed by atoms with van der Waals surface area (Å²) in [5.41, 5.74) is 2.35. The monoisotopic (exact) mass is 402 g/mol. The number of nitrogens with zero attached hydrogens (tertiary/aromatic N) is 3. The average Bonchev–Trinajstić information content (AvgIpc) is 3.07. The molecule has 8 heteroatoms. The van der Waals surface area contributed by atoms with Gasteiger partial charge in [-0.25, -0.2) is 0 Å². The molecule has 0 saturated carbocycles. The van der Waals surface area contributed by atoms with E-state index in [0.717, 1.165) is 16.6 Å². The van der Waals surface area contributed by atoms with Crippen LogP contribution in [0.2, 0.25) is 10.0 Å². The third-order valence-electron chi connectivity index (χ3n) is 3.78. The minimum atomic E-state index is -0.162. The highest BCUT2D eigenvalue weighted by Gasteiger charge is 2.12. The Morgan fingerprint density at radius 2 is 1.88 bits per heavy atom. The van der Waals surface area contributed by atoms with Gasteiger partial charge in [-0.15, -0.1) is 10.2 Å². The molecule has 5 nitrogen and oxygen atoms in total. The number of halogens is 2. The van der Waals surface area contributed by atoms with Gasteiger partial charge in [0.05, 0.1) is 21.3 Å². The second kappa shape index (κ2) is 7.15. The average molecular weight is 403 g/mol. The van der Waals surface area contributed by atoms with Gasteiger partial charge in [0.1, 0.15) is 0 Å². The van der Waals surface area contributed by atoms with E-state index in [9.17, 15) is 4.79 Å². The molecule has 0 spiro atoms. The highest BCUT2D eigenvalue weighted by Crippen LogP contribution is 2.26. The lowest BCUT2D eigenvalue weighted by atomic mass is 10.2. The molecule has 2 aromatic carbocycles. The van der Waals surface area contributed by atoms with Crippen molar-refractivity contribution in [3.63, 3.8) is 0 Å².